The molecule has 7 nitrogen and oxygen atoms in total. The molecular formula is C21H26N4O3. The minimum absolute atomic E-state index is 0.00357. The first-order chi connectivity index (χ1) is 13.8. The summed E-state index contributed by atoms with van der Waals surface area (Å²) in [6.45, 7) is 3.46. The van der Waals surface area contributed by atoms with Crippen LogP contribution in [0.2, 0.25) is 0 Å². The fraction of sp³-hybridized carbons (Fsp3) is 0.476. The predicted octanol–water partition coefficient (Wildman–Crippen LogP) is 1.89. The Morgan fingerprint density at radius 3 is 2.89 bits per heavy atom. The molecule has 148 valence electrons. The molecule has 0 bridgehead atoms. The van der Waals surface area contributed by atoms with Crippen LogP contribution in [0.5, 0.6) is 5.75 Å². The van der Waals surface area contributed by atoms with Gasteiger partial charge in [-0.1, -0.05) is 6.07 Å². The zero-order valence-corrected chi connectivity index (χ0v) is 16.0. The molecule has 2 aromatic rings. The largest absolute Gasteiger partial charge is 0.483 e. The standard InChI is InChI=1S/C21H26N4O3/c26-20(15-28-19-7-9-22-18-6-2-1-5-17(18)19)24-14-16-4-3-8-23-21(16)25-10-12-27-13-11-25/h3-4,7-9H,1-2,5-6,10-15H2,(H,24,26). The molecule has 1 fully saturated rings. The number of nitrogens with one attached hydrogen (secondary N) is 1. The number of morpholine rings is 1. The van der Waals surface area contributed by atoms with Crippen molar-refractivity contribution >= 4 is 11.7 Å². The molecule has 1 aliphatic carbocycles. The lowest BCUT2D eigenvalue weighted by molar-refractivity contribution is -0.123. The number of carbonyl (C=O) groups is 1. The molecule has 0 radical (unpaired) electrons. The summed E-state index contributed by atoms with van der Waals surface area (Å²) in [7, 11) is 0. The van der Waals surface area contributed by atoms with Gasteiger partial charge in [-0.2, -0.15) is 0 Å². The maximum absolute atomic E-state index is 12.3. The van der Waals surface area contributed by atoms with Crippen molar-refractivity contribution in [2.24, 2.45) is 0 Å². The van der Waals surface area contributed by atoms with Gasteiger partial charge < -0.3 is 19.7 Å². The van der Waals surface area contributed by atoms with E-state index in [1.54, 1.807) is 12.4 Å². The van der Waals surface area contributed by atoms with Gasteiger partial charge in [-0.3, -0.25) is 9.78 Å². The van der Waals surface area contributed by atoms with Gasteiger partial charge in [0.2, 0.25) is 0 Å². The highest BCUT2D eigenvalue weighted by molar-refractivity contribution is 5.77. The van der Waals surface area contributed by atoms with Crippen LogP contribution in [0, 0.1) is 0 Å². The van der Waals surface area contributed by atoms with E-state index in [0.29, 0.717) is 19.8 Å². The third-order valence-corrected chi connectivity index (χ3v) is 5.21. The normalized spacial score (nSPS) is 16.4. The lowest BCUT2D eigenvalue weighted by Crippen LogP contribution is -2.38. The third-order valence-electron chi connectivity index (χ3n) is 5.21. The Hall–Kier alpha value is -2.67. The number of amides is 1. The van der Waals surface area contributed by atoms with Gasteiger partial charge in [0.25, 0.3) is 5.91 Å². The van der Waals surface area contributed by atoms with E-state index in [9.17, 15) is 4.79 Å². The summed E-state index contributed by atoms with van der Waals surface area (Å²) in [5.41, 5.74) is 3.26. The zero-order valence-electron chi connectivity index (χ0n) is 16.0. The maximum atomic E-state index is 12.3. The van der Waals surface area contributed by atoms with Crippen LogP contribution in [0.25, 0.3) is 0 Å². The molecule has 1 aliphatic heterocycles. The summed E-state index contributed by atoms with van der Waals surface area (Å²) in [6.07, 6.45) is 7.82. The third kappa shape index (κ3) is 4.42. The molecule has 0 saturated carbocycles. The van der Waals surface area contributed by atoms with Crippen molar-refractivity contribution in [3.05, 3.63) is 47.4 Å². The SMILES string of the molecule is O=C(COc1ccnc2c1CCCC2)NCc1cccnc1N1CCOCC1. The van der Waals surface area contributed by atoms with Gasteiger partial charge in [-0.25, -0.2) is 4.98 Å². The number of aromatic nitrogens is 2. The van der Waals surface area contributed by atoms with Crippen LogP contribution in [-0.4, -0.2) is 48.8 Å². The molecule has 2 aliphatic rings. The summed E-state index contributed by atoms with van der Waals surface area (Å²) in [5, 5.41) is 2.95. The molecule has 1 amide bonds. The Kier molecular flexibility index (Phi) is 6.01. The molecule has 2 aromatic heterocycles. The van der Waals surface area contributed by atoms with Crippen LogP contribution < -0.4 is 15.0 Å². The second-order valence-corrected chi connectivity index (χ2v) is 7.09. The Balaban J connectivity index is 1.33. The molecule has 28 heavy (non-hydrogen) atoms. The molecule has 1 N–H and O–H groups in total. The van der Waals surface area contributed by atoms with Gasteiger partial charge in [0.1, 0.15) is 11.6 Å². The van der Waals surface area contributed by atoms with Crippen LogP contribution in [-0.2, 0) is 28.9 Å². The smallest absolute Gasteiger partial charge is 0.258 e. The van der Waals surface area contributed by atoms with Crippen molar-refractivity contribution in [2.75, 3.05) is 37.8 Å². The minimum atomic E-state index is -0.141. The van der Waals surface area contributed by atoms with Gasteiger partial charge in [0.05, 0.1) is 13.2 Å². The summed E-state index contributed by atoms with van der Waals surface area (Å²) in [4.78, 5) is 23.5. The Labute approximate surface area is 165 Å². The van der Waals surface area contributed by atoms with Crippen LogP contribution in [0.3, 0.4) is 0 Å². The van der Waals surface area contributed by atoms with Gasteiger partial charge in [-0.15, -0.1) is 0 Å². The number of carbonyl (C=O) groups excluding carboxylic acids is 1. The molecule has 0 aromatic carbocycles. The monoisotopic (exact) mass is 382 g/mol. The number of hydrogen-bond donors (Lipinski definition) is 1. The quantitative estimate of drug-likeness (QED) is 0.822. The van der Waals surface area contributed by atoms with Gasteiger partial charge in [0.15, 0.2) is 6.61 Å². The highest BCUT2D eigenvalue weighted by Gasteiger charge is 2.18. The van der Waals surface area contributed by atoms with Gasteiger partial charge >= 0.3 is 0 Å². The van der Waals surface area contributed by atoms with E-state index in [2.05, 4.69) is 20.2 Å². The first-order valence-corrected chi connectivity index (χ1v) is 9.94. The van der Waals surface area contributed by atoms with Crippen LogP contribution in [0.15, 0.2) is 30.6 Å². The van der Waals surface area contributed by atoms with Gasteiger partial charge in [0, 0.05) is 48.8 Å². The fourth-order valence-electron chi connectivity index (χ4n) is 3.74. The van der Waals surface area contributed by atoms with Gasteiger partial charge in [-0.05, 0) is 37.8 Å². The molecule has 3 heterocycles. The second kappa shape index (κ2) is 9.01. The maximum Gasteiger partial charge on any atom is 0.258 e. The Bertz CT molecular complexity index is 821. The number of ether oxygens (including phenoxy) is 2. The Morgan fingerprint density at radius 2 is 2.00 bits per heavy atom. The molecule has 4 rings (SSSR count). The van der Waals surface area contributed by atoms with E-state index in [4.69, 9.17) is 9.47 Å². The molecule has 0 spiro atoms. The van der Waals surface area contributed by atoms with Crippen molar-refractivity contribution in [2.45, 2.75) is 32.2 Å². The summed E-state index contributed by atoms with van der Waals surface area (Å²) in [6, 6.07) is 5.75. The number of anilines is 1. The van der Waals surface area contributed by atoms with E-state index >= 15 is 0 Å². The molecule has 7 heteroatoms. The topological polar surface area (TPSA) is 76.6 Å². The number of fused-ring (bicyclic) bond motifs is 1. The zero-order chi connectivity index (χ0) is 19.2. The fourth-order valence-corrected chi connectivity index (χ4v) is 3.74. The number of nitrogens with zero attached hydrogens (tertiary/aromatic N) is 3. The number of aryl methyl sites for hydroxylation is 1. The van der Waals surface area contributed by atoms with Crippen molar-refractivity contribution in [3.8, 4) is 5.75 Å². The number of hydrogen-bond acceptors (Lipinski definition) is 6. The van der Waals surface area contributed by atoms with E-state index in [1.165, 1.54) is 6.42 Å². The van der Waals surface area contributed by atoms with E-state index in [1.807, 2.05) is 18.2 Å². The van der Waals surface area contributed by atoms with Crippen LogP contribution in [0.1, 0.15) is 29.7 Å². The van der Waals surface area contributed by atoms with Crippen molar-refractivity contribution in [3.63, 3.8) is 0 Å². The lowest BCUT2D eigenvalue weighted by Gasteiger charge is -2.29. The van der Waals surface area contributed by atoms with Crippen molar-refractivity contribution in [1.29, 1.82) is 0 Å². The second-order valence-electron chi connectivity index (χ2n) is 7.09. The molecule has 0 atom stereocenters. The Morgan fingerprint density at radius 1 is 1.14 bits per heavy atom. The number of pyridine rings is 2. The lowest BCUT2D eigenvalue weighted by atomic mass is 9.95. The summed E-state index contributed by atoms with van der Waals surface area (Å²) < 4.78 is 11.2. The molecule has 1 saturated heterocycles. The highest BCUT2D eigenvalue weighted by Crippen LogP contribution is 2.27. The average molecular weight is 382 g/mol. The average Bonchev–Trinajstić information content (AvgIpc) is 2.77. The predicted molar refractivity (Wildman–Crippen MR) is 105 cm³/mol. The molecular weight excluding hydrogens is 356 g/mol. The first-order valence-electron chi connectivity index (χ1n) is 9.94. The summed E-state index contributed by atoms with van der Waals surface area (Å²) >= 11 is 0. The van der Waals surface area contributed by atoms with Crippen molar-refractivity contribution in [1.82, 2.24) is 15.3 Å². The minimum Gasteiger partial charge on any atom is -0.483 e. The highest BCUT2D eigenvalue weighted by atomic mass is 16.5. The van der Waals surface area contributed by atoms with Crippen LogP contribution >= 0.6 is 0 Å². The van der Waals surface area contributed by atoms with Crippen molar-refractivity contribution < 1.29 is 14.3 Å². The van der Waals surface area contributed by atoms with Crippen LogP contribution in [0.4, 0.5) is 5.82 Å². The van der Waals surface area contributed by atoms with E-state index in [-0.39, 0.29) is 12.5 Å². The summed E-state index contributed by atoms with van der Waals surface area (Å²) in [5.74, 6) is 1.56. The molecule has 0 unspecified atom stereocenters. The first kappa shape index (κ1) is 18.7. The van der Waals surface area contributed by atoms with E-state index < -0.39 is 0 Å². The number of rotatable bonds is 6. The van der Waals surface area contributed by atoms with E-state index in [0.717, 1.165) is 60.7 Å².